The van der Waals surface area contributed by atoms with Crippen LogP contribution < -0.4 is 4.72 Å². The summed E-state index contributed by atoms with van der Waals surface area (Å²) in [6.45, 7) is 1.41. The minimum atomic E-state index is -4.38. The maximum absolute atomic E-state index is 12.0. The van der Waals surface area contributed by atoms with Gasteiger partial charge in [0.05, 0.1) is 6.61 Å². The molecule has 1 aromatic rings. The first-order chi connectivity index (χ1) is 9.69. The Bertz CT molecular complexity index is 637. The Hall–Kier alpha value is -1.62. The molecule has 1 rings (SSSR count). The number of rotatable bonds is 8. The number of aliphatic carboxylic acids is 1. The van der Waals surface area contributed by atoms with Crippen LogP contribution in [0.3, 0.4) is 0 Å². The quantitative estimate of drug-likeness (QED) is 0.616. The molecule has 1 atom stereocenters. The molecule has 0 fully saturated rings. The molecule has 1 heterocycles. The van der Waals surface area contributed by atoms with Crippen LogP contribution in [-0.2, 0) is 19.6 Å². The van der Waals surface area contributed by atoms with Crippen molar-refractivity contribution in [3.63, 3.8) is 0 Å². The second kappa shape index (κ2) is 6.89. The smallest absolute Gasteiger partial charge is 0.371 e. The van der Waals surface area contributed by atoms with Gasteiger partial charge >= 0.3 is 11.9 Å². The summed E-state index contributed by atoms with van der Waals surface area (Å²) >= 11 is 5.51. The summed E-state index contributed by atoms with van der Waals surface area (Å²) in [5.74, 6) is -3.65. The molecule has 11 heteroatoms. The highest BCUT2D eigenvalue weighted by atomic mass is 35.5. The van der Waals surface area contributed by atoms with E-state index in [9.17, 15) is 18.0 Å². The number of furan rings is 1. The van der Waals surface area contributed by atoms with Crippen molar-refractivity contribution in [2.45, 2.75) is 17.9 Å². The van der Waals surface area contributed by atoms with Gasteiger partial charge in [-0.25, -0.2) is 13.2 Å². The molecule has 0 unspecified atom stereocenters. The number of nitrogens with one attached hydrogen (secondary N) is 1. The van der Waals surface area contributed by atoms with Crippen LogP contribution in [0.5, 0.6) is 0 Å². The average molecular weight is 342 g/mol. The van der Waals surface area contributed by atoms with E-state index in [1.807, 2.05) is 4.72 Å². The monoisotopic (exact) mass is 341 g/mol. The van der Waals surface area contributed by atoms with E-state index in [1.165, 1.54) is 0 Å². The fraction of sp³-hybridized carbons (Fsp3) is 0.400. The first kappa shape index (κ1) is 17.4. The molecule has 1 aromatic heterocycles. The molecule has 0 saturated heterocycles. The Kier molecular flexibility index (Phi) is 5.72. The number of carboxylic acid groups (broad SMARTS) is 2. The lowest BCUT2D eigenvalue weighted by molar-refractivity contribution is -0.140. The van der Waals surface area contributed by atoms with Gasteiger partial charge in [0.2, 0.25) is 21.0 Å². The lowest BCUT2D eigenvalue weighted by Crippen LogP contribution is -2.43. The third kappa shape index (κ3) is 4.43. The molecule has 0 saturated carbocycles. The Morgan fingerprint density at radius 2 is 2.10 bits per heavy atom. The largest absolute Gasteiger partial charge is 0.480 e. The van der Waals surface area contributed by atoms with Crippen molar-refractivity contribution >= 4 is 33.6 Å². The predicted molar refractivity (Wildman–Crippen MR) is 68.9 cm³/mol. The standard InChI is InChI=1S/C10H12ClNO8S/c1-2-19-4-5(9(13)14)12-21(17,18)7-3-6(10(15)16)20-8(7)11/h3,5,12H,2,4H2,1H3,(H,13,14)(H,15,16)/t5-/m1/s1. The van der Waals surface area contributed by atoms with Crippen LogP contribution in [0.25, 0.3) is 0 Å². The van der Waals surface area contributed by atoms with Gasteiger partial charge < -0.3 is 19.4 Å². The highest BCUT2D eigenvalue weighted by molar-refractivity contribution is 7.89. The molecule has 0 bridgehead atoms. The van der Waals surface area contributed by atoms with Gasteiger partial charge in [0.25, 0.3) is 0 Å². The summed E-state index contributed by atoms with van der Waals surface area (Å²) in [6.07, 6.45) is 0. The van der Waals surface area contributed by atoms with Gasteiger partial charge in [-0.2, -0.15) is 4.72 Å². The van der Waals surface area contributed by atoms with Crippen LogP contribution in [0.4, 0.5) is 0 Å². The summed E-state index contributed by atoms with van der Waals surface area (Å²) in [5, 5.41) is 16.9. The van der Waals surface area contributed by atoms with Crippen molar-refractivity contribution in [3.05, 3.63) is 17.0 Å². The van der Waals surface area contributed by atoms with Crippen molar-refractivity contribution in [2.75, 3.05) is 13.2 Å². The molecule has 118 valence electrons. The number of halogens is 1. The minimum absolute atomic E-state index is 0.196. The van der Waals surface area contributed by atoms with Gasteiger partial charge in [-0.15, -0.1) is 0 Å². The van der Waals surface area contributed by atoms with E-state index in [2.05, 4.69) is 4.42 Å². The first-order valence-corrected chi connectivity index (χ1v) is 7.40. The van der Waals surface area contributed by atoms with Crippen LogP contribution in [0.2, 0.25) is 5.22 Å². The Morgan fingerprint density at radius 1 is 1.48 bits per heavy atom. The first-order valence-electron chi connectivity index (χ1n) is 5.54. The highest BCUT2D eigenvalue weighted by Crippen LogP contribution is 2.25. The fourth-order valence-corrected chi connectivity index (χ4v) is 2.91. The molecular formula is C10H12ClNO8S. The zero-order valence-electron chi connectivity index (χ0n) is 10.7. The summed E-state index contributed by atoms with van der Waals surface area (Å²) in [6, 6.07) is -0.860. The number of sulfonamides is 1. The van der Waals surface area contributed by atoms with E-state index >= 15 is 0 Å². The summed E-state index contributed by atoms with van der Waals surface area (Å²) < 4.78 is 35.3. The molecule has 9 nitrogen and oxygen atoms in total. The lowest BCUT2D eigenvalue weighted by atomic mass is 10.3. The molecule has 0 aliphatic heterocycles. The van der Waals surface area contributed by atoms with Crippen LogP contribution in [0, 0.1) is 0 Å². The molecule has 3 N–H and O–H groups in total. The second-order valence-corrected chi connectivity index (χ2v) is 5.75. The van der Waals surface area contributed by atoms with Gasteiger partial charge in [0.15, 0.2) is 0 Å². The second-order valence-electron chi connectivity index (χ2n) is 3.73. The Balaban J connectivity index is 3.04. The molecule has 0 amide bonds. The topological polar surface area (TPSA) is 143 Å². The van der Waals surface area contributed by atoms with Crippen molar-refractivity contribution in [3.8, 4) is 0 Å². The zero-order chi connectivity index (χ0) is 16.2. The fourth-order valence-electron chi connectivity index (χ4n) is 1.28. The lowest BCUT2D eigenvalue weighted by Gasteiger charge is -2.13. The van der Waals surface area contributed by atoms with E-state index in [4.69, 9.17) is 26.6 Å². The summed E-state index contributed by atoms with van der Waals surface area (Å²) in [5.41, 5.74) is 0. The van der Waals surface area contributed by atoms with Gasteiger partial charge in [-0.05, 0) is 18.5 Å². The molecule has 21 heavy (non-hydrogen) atoms. The third-order valence-corrected chi connectivity index (χ3v) is 4.11. The Labute approximate surface area is 124 Å². The van der Waals surface area contributed by atoms with E-state index < -0.39 is 50.5 Å². The normalized spacial score (nSPS) is 13.0. The van der Waals surface area contributed by atoms with E-state index in [0.717, 1.165) is 0 Å². The zero-order valence-corrected chi connectivity index (χ0v) is 12.3. The predicted octanol–water partition coefficient (Wildman–Crippen LogP) is 0.399. The summed E-state index contributed by atoms with van der Waals surface area (Å²) in [7, 11) is -4.38. The van der Waals surface area contributed by atoms with Gasteiger partial charge in [0.1, 0.15) is 10.9 Å². The number of carbonyl (C=O) groups is 2. The van der Waals surface area contributed by atoms with Gasteiger partial charge in [-0.3, -0.25) is 4.79 Å². The van der Waals surface area contributed by atoms with Crippen LogP contribution in [0.15, 0.2) is 15.4 Å². The van der Waals surface area contributed by atoms with Crippen molar-refractivity contribution < 1.29 is 37.4 Å². The van der Waals surface area contributed by atoms with Crippen LogP contribution in [0.1, 0.15) is 17.5 Å². The number of hydrogen-bond donors (Lipinski definition) is 3. The maximum Gasteiger partial charge on any atom is 0.371 e. The van der Waals surface area contributed by atoms with E-state index in [0.29, 0.717) is 6.07 Å². The molecular weight excluding hydrogens is 330 g/mol. The maximum atomic E-state index is 12.0. The number of carboxylic acids is 2. The molecule has 0 aliphatic carbocycles. The Morgan fingerprint density at radius 3 is 2.52 bits per heavy atom. The summed E-state index contributed by atoms with van der Waals surface area (Å²) in [4.78, 5) is 21.0. The average Bonchev–Trinajstić information content (AvgIpc) is 2.77. The molecule has 0 radical (unpaired) electrons. The van der Waals surface area contributed by atoms with Crippen LogP contribution in [-0.4, -0.2) is 49.8 Å². The van der Waals surface area contributed by atoms with Crippen molar-refractivity contribution in [1.29, 1.82) is 0 Å². The molecule has 0 aromatic carbocycles. The molecule has 0 aliphatic rings. The van der Waals surface area contributed by atoms with Crippen molar-refractivity contribution in [2.24, 2.45) is 0 Å². The SMILES string of the molecule is CCOC[C@@H](NS(=O)(=O)c1cc(C(=O)O)oc1Cl)C(=O)O. The number of aromatic carboxylic acids is 1. The van der Waals surface area contributed by atoms with Gasteiger partial charge in [-0.1, -0.05) is 0 Å². The molecule has 0 spiro atoms. The number of hydrogen-bond acceptors (Lipinski definition) is 6. The highest BCUT2D eigenvalue weighted by Gasteiger charge is 2.30. The minimum Gasteiger partial charge on any atom is -0.480 e. The van der Waals surface area contributed by atoms with E-state index in [1.54, 1.807) is 6.92 Å². The third-order valence-electron chi connectivity index (χ3n) is 2.24. The van der Waals surface area contributed by atoms with Crippen LogP contribution >= 0.6 is 11.6 Å². The number of ether oxygens (including phenoxy) is 1. The van der Waals surface area contributed by atoms with E-state index in [-0.39, 0.29) is 6.61 Å². The van der Waals surface area contributed by atoms with Gasteiger partial charge in [0, 0.05) is 12.7 Å². The van der Waals surface area contributed by atoms with Crippen molar-refractivity contribution in [1.82, 2.24) is 4.72 Å².